The Hall–Kier alpha value is -1.05. The SMILES string of the molecule is C[C@@H](O)[C@H]1C(=O)N2C(C(=O)O)=C(S[C@H]3CCN(C4CCCCC4)C3)[C@H](C)[C@H]12. The highest BCUT2D eigenvalue weighted by Gasteiger charge is 2.60. The lowest BCUT2D eigenvalue weighted by Crippen LogP contribution is -2.63. The van der Waals surface area contributed by atoms with Gasteiger partial charge in [0.25, 0.3) is 0 Å². The molecule has 7 heteroatoms. The van der Waals surface area contributed by atoms with Crippen molar-refractivity contribution >= 4 is 23.6 Å². The summed E-state index contributed by atoms with van der Waals surface area (Å²) in [6.07, 6.45) is 6.91. The highest BCUT2D eigenvalue weighted by molar-refractivity contribution is 8.03. The Morgan fingerprint density at radius 3 is 2.56 bits per heavy atom. The van der Waals surface area contributed by atoms with Gasteiger partial charge in [-0.15, -0.1) is 11.8 Å². The molecule has 0 unspecified atom stereocenters. The number of nitrogens with zero attached hydrogens (tertiary/aromatic N) is 2. The number of rotatable bonds is 5. The Kier molecular flexibility index (Phi) is 5.29. The number of carboxylic acids is 1. The van der Waals surface area contributed by atoms with E-state index in [1.54, 1.807) is 18.7 Å². The third kappa shape index (κ3) is 3.21. The van der Waals surface area contributed by atoms with Gasteiger partial charge in [0, 0.05) is 28.7 Å². The molecule has 2 saturated heterocycles. The fourth-order valence-corrected chi connectivity index (χ4v) is 6.99. The first-order valence-electron chi connectivity index (χ1n) is 10.3. The van der Waals surface area contributed by atoms with Crippen molar-refractivity contribution in [3.05, 3.63) is 10.6 Å². The number of hydrogen-bond acceptors (Lipinski definition) is 5. The number of aliphatic hydroxyl groups is 1. The molecule has 5 atom stereocenters. The van der Waals surface area contributed by atoms with Crippen LogP contribution in [0.15, 0.2) is 10.6 Å². The van der Waals surface area contributed by atoms with E-state index in [1.165, 1.54) is 37.0 Å². The maximum Gasteiger partial charge on any atom is 0.353 e. The Morgan fingerprint density at radius 2 is 1.93 bits per heavy atom. The number of carbonyl (C=O) groups is 2. The topological polar surface area (TPSA) is 81.1 Å². The number of hydrogen-bond donors (Lipinski definition) is 2. The molecule has 1 amide bonds. The Bertz CT molecular complexity index is 658. The van der Waals surface area contributed by atoms with Gasteiger partial charge in [0.2, 0.25) is 5.91 Å². The molecule has 150 valence electrons. The zero-order valence-corrected chi connectivity index (χ0v) is 17.0. The second kappa shape index (κ2) is 7.41. The standard InChI is InChI=1S/C20H30N2O4S/c1-11-16-15(12(2)23)19(24)22(16)17(20(25)26)18(11)27-14-8-9-21(10-14)13-6-4-3-5-7-13/h11-16,23H,3-10H2,1-2H3,(H,25,26)/t11-,12-,14+,15-,16-/m1/s1. The molecular weight excluding hydrogens is 364 g/mol. The lowest BCUT2D eigenvalue weighted by molar-refractivity contribution is -0.163. The molecule has 4 aliphatic rings. The second-order valence-electron chi connectivity index (χ2n) is 8.59. The molecule has 4 rings (SSSR count). The van der Waals surface area contributed by atoms with E-state index in [0.29, 0.717) is 11.3 Å². The van der Waals surface area contributed by atoms with E-state index in [2.05, 4.69) is 4.90 Å². The molecule has 6 nitrogen and oxygen atoms in total. The van der Waals surface area contributed by atoms with Gasteiger partial charge in [-0.25, -0.2) is 4.79 Å². The first kappa shape index (κ1) is 19.3. The van der Waals surface area contributed by atoms with Crippen molar-refractivity contribution in [3.63, 3.8) is 0 Å². The minimum Gasteiger partial charge on any atom is -0.477 e. The number of fused-ring (bicyclic) bond motifs is 1. The van der Waals surface area contributed by atoms with E-state index < -0.39 is 18.0 Å². The highest BCUT2D eigenvalue weighted by atomic mass is 32.2. The fraction of sp³-hybridized carbons (Fsp3) is 0.800. The van der Waals surface area contributed by atoms with Gasteiger partial charge in [-0.3, -0.25) is 9.69 Å². The summed E-state index contributed by atoms with van der Waals surface area (Å²) in [5.41, 5.74) is 0.163. The molecule has 27 heavy (non-hydrogen) atoms. The van der Waals surface area contributed by atoms with Crippen molar-refractivity contribution in [2.24, 2.45) is 11.8 Å². The van der Waals surface area contributed by atoms with Gasteiger partial charge in [0.1, 0.15) is 5.70 Å². The Labute approximate surface area is 165 Å². The van der Waals surface area contributed by atoms with Crippen molar-refractivity contribution in [1.82, 2.24) is 9.80 Å². The molecule has 3 fully saturated rings. The number of β-lactam (4-membered cyclic amide) rings is 1. The minimum absolute atomic E-state index is 0.0258. The first-order valence-corrected chi connectivity index (χ1v) is 11.2. The lowest BCUT2D eigenvalue weighted by Gasteiger charge is -2.46. The maximum absolute atomic E-state index is 12.4. The van der Waals surface area contributed by atoms with E-state index in [4.69, 9.17) is 0 Å². The zero-order chi connectivity index (χ0) is 19.3. The van der Waals surface area contributed by atoms with Gasteiger partial charge in [-0.1, -0.05) is 26.2 Å². The average Bonchev–Trinajstić information content (AvgIpc) is 3.18. The second-order valence-corrected chi connectivity index (χ2v) is 9.93. The number of likely N-dealkylation sites (tertiary alicyclic amines) is 1. The summed E-state index contributed by atoms with van der Waals surface area (Å²) < 4.78 is 0. The van der Waals surface area contributed by atoms with Crippen molar-refractivity contribution < 1.29 is 19.8 Å². The number of amides is 1. The maximum atomic E-state index is 12.4. The van der Waals surface area contributed by atoms with Gasteiger partial charge >= 0.3 is 5.97 Å². The summed E-state index contributed by atoms with van der Waals surface area (Å²) >= 11 is 1.67. The molecule has 0 aromatic heterocycles. The first-order chi connectivity index (χ1) is 12.9. The van der Waals surface area contributed by atoms with Crippen LogP contribution in [0.2, 0.25) is 0 Å². The quantitative estimate of drug-likeness (QED) is 0.697. The molecule has 0 bridgehead atoms. The van der Waals surface area contributed by atoms with Gasteiger partial charge in [0.05, 0.1) is 18.1 Å². The van der Waals surface area contributed by atoms with Crippen LogP contribution in [0.4, 0.5) is 0 Å². The van der Waals surface area contributed by atoms with Crippen LogP contribution < -0.4 is 0 Å². The van der Waals surface area contributed by atoms with Crippen LogP contribution in [-0.4, -0.2) is 68.4 Å². The summed E-state index contributed by atoms with van der Waals surface area (Å²) in [4.78, 5) is 29.2. The summed E-state index contributed by atoms with van der Waals surface area (Å²) in [5, 5.41) is 20.1. The van der Waals surface area contributed by atoms with E-state index in [0.717, 1.165) is 24.4 Å². The van der Waals surface area contributed by atoms with Crippen LogP contribution in [0.25, 0.3) is 0 Å². The third-order valence-corrected chi connectivity index (χ3v) is 8.41. The van der Waals surface area contributed by atoms with Crippen LogP contribution in [0.3, 0.4) is 0 Å². The van der Waals surface area contributed by atoms with Gasteiger partial charge in [0.15, 0.2) is 0 Å². The molecule has 0 aromatic carbocycles. The number of carboxylic acid groups (broad SMARTS) is 1. The highest BCUT2D eigenvalue weighted by Crippen LogP contribution is 2.52. The number of aliphatic hydroxyl groups excluding tert-OH is 1. The van der Waals surface area contributed by atoms with Crippen LogP contribution in [0, 0.1) is 11.8 Å². The van der Waals surface area contributed by atoms with Gasteiger partial charge < -0.3 is 15.1 Å². The van der Waals surface area contributed by atoms with Crippen LogP contribution in [0.1, 0.15) is 52.4 Å². The fourth-order valence-electron chi connectivity index (χ4n) is 5.49. The lowest BCUT2D eigenvalue weighted by atomic mass is 9.79. The monoisotopic (exact) mass is 394 g/mol. The Balaban J connectivity index is 1.48. The van der Waals surface area contributed by atoms with Gasteiger partial charge in [-0.2, -0.15) is 0 Å². The summed E-state index contributed by atoms with van der Waals surface area (Å²) in [6.45, 7) is 5.73. The summed E-state index contributed by atoms with van der Waals surface area (Å²) in [7, 11) is 0. The van der Waals surface area contributed by atoms with E-state index >= 15 is 0 Å². The molecule has 0 radical (unpaired) electrons. The molecule has 0 aromatic rings. The minimum atomic E-state index is -1.02. The number of aliphatic carboxylic acids is 1. The van der Waals surface area contributed by atoms with Crippen LogP contribution in [0.5, 0.6) is 0 Å². The van der Waals surface area contributed by atoms with Crippen molar-refractivity contribution in [2.75, 3.05) is 13.1 Å². The summed E-state index contributed by atoms with van der Waals surface area (Å²) in [6, 6.07) is 0.487. The third-order valence-electron chi connectivity index (χ3n) is 6.87. The molecule has 3 heterocycles. The Morgan fingerprint density at radius 1 is 1.22 bits per heavy atom. The van der Waals surface area contributed by atoms with Crippen molar-refractivity contribution in [2.45, 2.75) is 75.8 Å². The molecule has 2 N–H and O–H groups in total. The predicted octanol–water partition coefficient (Wildman–Crippen LogP) is 2.28. The predicted molar refractivity (Wildman–Crippen MR) is 104 cm³/mol. The van der Waals surface area contributed by atoms with E-state index in [1.807, 2.05) is 6.92 Å². The molecular formula is C20H30N2O4S. The number of thioether (sulfide) groups is 1. The van der Waals surface area contributed by atoms with Crippen LogP contribution in [-0.2, 0) is 9.59 Å². The van der Waals surface area contributed by atoms with E-state index in [-0.39, 0.29) is 23.6 Å². The van der Waals surface area contributed by atoms with Crippen molar-refractivity contribution in [1.29, 1.82) is 0 Å². The number of carbonyl (C=O) groups excluding carboxylic acids is 1. The normalized spacial score (nSPS) is 36.1. The molecule has 1 saturated carbocycles. The molecule has 1 aliphatic carbocycles. The molecule has 3 aliphatic heterocycles. The van der Waals surface area contributed by atoms with Crippen molar-refractivity contribution in [3.8, 4) is 0 Å². The van der Waals surface area contributed by atoms with Crippen LogP contribution >= 0.6 is 11.8 Å². The zero-order valence-electron chi connectivity index (χ0n) is 16.1. The largest absolute Gasteiger partial charge is 0.477 e. The van der Waals surface area contributed by atoms with Gasteiger partial charge in [-0.05, 0) is 32.7 Å². The average molecular weight is 395 g/mol. The summed E-state index contributed by atoms with van der Waals surface area (Å²) in [5.74, 6) is -1.77. The van der Waals surface area contributed by atoms with E-state index in [9.17, 15) is 19.8 Å². The smallest absolute Gasteiger partial charge is 0.353 e. The molecule has 0 spiro atoms.